The predicted octanol–water partition coefficient (Wildman–Crippen LogP) is 3.96. The van der Waals surface area contributed by atoms with Crippen LogP contribution in [0.2, 0.25) is 0 Å². The molecule has 1 aliphatic heterocycles. The van der Waals surface area contributed by atoms with Gasteiger partial charge in [-0.2, -0.15) is 0 Å². The van der Waals surface area contributed by atoms with E-state index in [4.69, 9.17) is 24.7 Å². The number of methoxy groups -OCH3 is 2. The highest BCUT2D eigenvalue weighted by atomic mass is 16.5. The molecule has 4 N–H and O–H groups in total. The highest BCUT2D eigenvalue weighted by molar-refractivity contribution is 5.79. The fourth-order valence-corrected chi connectivity index (χ4v) is 5.99. The van der Waals surface area contributed by atoms with E-state index >= 15 is 0 Å². The molecule has 1 saturated heterocycles. The van der Waals surface area contributed by atoms with Gasteiger partial charge in [-0.1, -0.05) is 33.8 Å². The van der Waals surface area contributed by atoms with Crippen LogP contribution in [0.4, 0.5) is 0 Å². The van der Waals surface area contributed by atoms with E-state index in [2.05, 4.69) is 25.2 Å². The monoisotopic (exact) mass is 548 g/mol. The predicted molar refractivity (Wildman–Crippen MR) is 153 cm³/mol. The Morgan fingerprint density at radius 2 is 1.87 bits per heavy atom. The zero-order chi connectivity index (χ0) is 28.5. The molecule has 1 aromatic rings. The molecule has 39 heavy (non-hydrogen) atoms. The maximum atomic E-state index is 13.2. The zero-order valence-corrected chi connectivity index (χ0v) is 24.9. The number of aliphatic hydroxyl groups is 1. The molecule has 0 aromatic heterocycles. The molecule has 2 bridgehead atoms. The van der Waals surface area contributed by atoms with Gasteiger partial charge in [0.2, 0.25) is 5.91 Å². The molecule has 1 aliphatic carbocycles. The van der Waals surface area contributed by atoms with E-state index in [1.807, 2.05) is 26.0 Å². The van der Waals surface area contributed by atoms with E-state index in [1.54, 1.807) is 14.2 Å². The molecule has 3 rings (SSSR count). The smallest absolute Gasteiger partial charge is 0.223 e. The van der Waals surface area contributed by atoms with Crippen molar-refractivity contribution in [3.63, 3.8) is 0 Å². The summed E-state index contributed by atoms with van der Waals surface area (Å²) in [6.45, 7) is 10.5. The number of benzene rings is 1. The molecule has 1 saturated carbocycles. The largest absolute Gasteiger partial charge is 0.493 e. The molecule has 8 heteroatoms. The van der Waals surface area contributed by atoms with E-state index in [0.717, 1.165) is 43.6 Å². The van der Waals surface area contributed by atoms with Crippen LogP contribution < -0.4 is 20.5 Å². The fourth-order valence-electron chi connectivity index (χ4n) is 5.99. The van der Waals surface area contributed by atoms with Crippen LogP contribution in [0.15, 0.2) is 18.2 Å². The lowest BCUT2D eigenvalue weighted by atomic mass is 9.80. The standard InChI is InChI=1S/C31H52N2O6/c1-19(2)23(12-21-8-9-28(37-6)30(14-21)38-11-7-10-36-5)16-25(32)27(34)17-24(20(3)4)31(35)33-26-13-22-15-29(26)39-18-22/h8-9,14,19-20,22-27,29,34H,7,10-13,15-18,32H2,1-6H3,(H,33,35). The van der Waals surface area contributed by atoms with Crippen LogP contribution in [0.1, 0.15) is 65.4 Å². The van der Waals surface area contributed by atoms with Crippen molar-refractivity contribution in [3.05, 3.63) is 23.8 Å². The molecule has 1 amide bonds. The van der Waals surface area contributed by atoms with Crippen molar-refractivity contribution < 1.29 is 28.8 Å². The summed E-state index contributed by atoms with van der Waals surface area (Å²) in [7, 11) is 3.33. The number of nitrogens with two attached hydrogens (primary N) is 1. The Hall–Kier alpha value is -1.87. The molecule has 7 unspecified atom stereocenters. The Morgan fingerprint density at radius 1 is 1.10 bits per heavy atom. The van der Waals surface area contributed by atoms with Gasteiger partial charge in [0.05, 0.1) is 38.6 Å². The van der Waals surface area contributed by atoms with Crippen LogP contribution >= 0.6 is 0 Å². The third-order valence-electron chi connectivity index (χ3n) is 8.60. The zero-order valence-electron chi connectivity index (χ0n) is 24.9. The van der Waals surface area contributed by atoms with E-state index in [0.29, 0.717) is 43.6 Å². The van der Waals surface area contributed by atoms with Gasteiger partial charge in [-0.3, -0.25) is 4.79 Å². The lowest BCUT2D eigenvalue weighted by Crippen LogP contribution is -2.48. The first-order valence-electron chi connectivity index (χ1n) is 14.8. The van der Waals surface area contributed by atoms with E-state index in [9.17, 15) is 9.90 Å². The second-order valence-electron chi connectivity index (χ2n) is 12.3. The minimum Gasteiger partial charge on any atom is -0.493 e. The second kappa shape index (κ2) is 15.2. The summed E-state index contributed by atoms with van der Waals surface area (Å²) in [4.78, 5) is 13.2. The molecule has 222 valence electrons. The van der Waals surface area contributed by atoms with Crippen molar-refractivity contribution >= 4 is 5.91 Å². The third kappa shape index (κ3) is 9.07. The minimum atomic E-state index is -0.753. The third-order valence-corrected chi connectivity index (χ3v) is 8.60. The van der Waals surface area contributed by atoms with Crippen LogP contribution in [-0.2, 0) is 20.7 Å². The Labute approximate surface area is 235 Å². The number of fused-ring (bicyclic) bond motifs is 2. The van der Waals surface area contributed by atoms with Crippen molar-refractivity contribution in [3.8, 4) is 11.5 Å². The van der Waals surface area contributed by atoms with Crippen molar-refractivity contribution in [2.75, 3.05) is 34.0 Å². The molecular formula is C31H52N2O6. The van der Waals surface area contributed by atoms with Crippen LogP contribution in [0.3, 0.4) is 0 Å². The number of hydrogen-bond acceptors (Lipinski definition) is 7. The van der Waals surface area contributed by atoms with E-state index < -0.39 is 12.1 Å². The summed E-state index contributed by atoms with van der Waals surface area (Å²) in [5, 5.41) is 14.3. The summed E-state index contributed by atoms with van der Waals surface area (Å²) in [6.07, 6.45) is 4.06. The highest BCUT2D eigenvalue weighted by Gasteiger charge is 2.42. The molecule has 2 aliphatic rings. The number of carbonyl (C=O) groups excluding carboxylic acids is 1. The Balaban J connectivity index is 1.58. The average Bonchev–Trinajstić information content (AvgIpc) is 3.52. The molecule has 0 spiro atoms. The number of carbonyl (C=O) groups is 1. The Morgan fingerprint density at radius 3 is 2.46 bits per heavy atom. The van der Waals surface area contributed by atoms with Gasteiger partial charge in [0.1, 0.15) is 0 Å². The van der Waals surface area contributed by atoms with Gasteiger partial charge in [-0.25, -0.2) is 0 Å². The minimum absolute atomic E-state index is 0.00840. The van der Waals surface area contributed by atoms with Crippen molar-refractivity contribution in [2.24, 2.45) is 35.3 Å². The first kappa shape index (κ1) is 31.7. The van der Waals surface area contributed by atoms with Gasteiger partial charge in [0.15, 0.2) is 11.5 Å². The van der Waals surface area contributed by atoms with Crippen LogP contribution in [-0.4, -0.2) is 69.3 Å². The highest BCUT2D eigenvalue weighted by Crippen LogP contribution is 2.36. The van der Waals surface area contributed by atoms with Gasteiger partial charge in [-0.05, 0) is 73.5 Å². The first-order valence-corrected chi connectivity index (χ1v) is 14.8. The van der Waals surface area contributed by atoms with E-state index in [1.165, 1.54) is 0 Å². The molecule has 8 nitrogen and oxygen atoms in total. The summed E-state index contributed by atoms with van der Waals surface area (Å²) < 4.78 is 22.4. The van der Waals surface area contributed by atoms with Crippen LogP contribution in [0.25, 0.3) is 0 Å². The molecule has 0 radical (unpaired) electrons. The first-order chi connectivity index (χ1) is 18.6. The topological polar surface area (TPSA) is 112 Å². The van der Waals surface area contributed by atoms with Crippen LogP contribution in [0.5, 0.6) is 11.5 Å². The maximum Gasteiger partial charge on any atom is 0.223 e. The van der Waals surface area contributed by atoms with Gasteiger partial charge >= 0.3 is 0 Å². The Kier molecular flexibility index (Phi) is 12.4. The molecule has 2 fully saturated rings. The normalized spacial score (nSPS) is 23.6. The van der Waals surface area contributed by atoms with Crippen molar-refractivity contribution in [1.82, 2.24) is 5.32 Å². The van der Waals surface area contributed by atoms with Crippen molar-refractivity contribution in [2.45, 2.75) is 90.5 Å². The Bertz CT molecular complexity index is 894. The summed E-state index contributed by atoms with van der Waals surface area (Å²) in [6, 6.07) is 5.73. The van der Waals surface area contributed by atoms with Gasteiger partial charge < -0.3 is 35.1 Å². The summed E-state index contributed by atoms with van der Waals surface area (Å²) in [5.74, 6) is 2.46. The molecule has 1 heterocycles. The number of ether oxygens (including phenoxy) is 4. The molecule has 7 atom stereocenters. The summed E-state index contributed by atoms with van der Waals surface area (Å²) >= 11 is 0. The number of aliphatic hydroxyl groups excluding tert-OH is 1. The number of amides is 1. The van der Waals surface area contributed by atoms with Crippen molar-refractivity contribution in [1.29, 1.82) is 0 Å². The number of rotatable bonds is 17. The van der Waals surface area contributed by atoms with Gasteiger partial charge in [-0.15, -0.1) is 0 Å². The quantitative estimate of drug-likeness (QED) is 0.253. The van der Waals surface area contributed by atoms with Gasteiger partial charge in [0, 0.05) is 32.1 Å². The molecular weight excluding hydrogens is 496 g/mol. The SMILES string of the molecule is COCCCOc1cc(CC(CC(N)C(O)CC(C(=O)NC2CC3COC2C3)C(C)C)C(C)C)ccc1OC. The second-order valence-corrected chi connectivity index (χ2v) is 12.3. The molecule has 1 aromatic carbocycles. The lowest BCUT2D eigenvalue weighted by Gasteiger charge is -2.31. The van der Waals surface area contributed by atoms with E-state index in [-0.39, 0.29) is 35.8 Å². The average molecular weight is 549 g/mol. The van der Waals surface area contributed by atoms with Crippen LogP contribution in [0, 0.1) is 29.6 Å². The van der Waals surface area contributed by atoms with Gasteiger partial charge in [0.25, 0.3) is 0 Å². The maximum absolute atomic E-state index is 13.2. The number of nitrogens with one attached hydrogen (secondary N) is 1. The fraction of sp³-hybridized carbons (Fsp3) is 0.774. The summed E-state index contributed by atoms with van der Waals surface area (Å²) in [5.41, 5.74) is 7.73. The number of hydrogen-bond donors (Lipinski definition) is 3. The lowest BCUT2D eigenvalue weighted by molar-refractivity contribution is -0.129.